The Morgan fingerprint density at radius 2 is 2.29 bits per heavy atom. The summed E-state index contributed by atoms with van der Waals surface area (Å²) in [6.45, 7) is 2.02. The highest BCUT2D eigenvalue weighted by molar-refractivity contribution is 9.10. The van der Waals surface area contributed by atoms with Crippen LogP contribution >= 0.6 is 15.9 Å². The molecule has 1 saturated heterocycles. The lowest BCUT2D eigenvalue weighted by Gasteiger charge is -2.34. The summed E-state index contributed by atoms with van der Waals surface area (Å²) >= 11 is 3.24. The molecule has 1 atom stereocenters. The van der Waals surface area contributed by atoms with E-state index >= 15 is 0 Å². The first kappa shape index (κ1) is 12.0. The topological polar surface area (TPSA) is 75.2 Å². The van der Waals surface area contributed by atoms with E-state index in [9.17, 15) is 9.59 Å². The fourth-order valence-corrected chi connectivity index (χ4v) is 2.09. The molecular weight excluding hydrogens is 288 g/mol. The zero-order chi connectivity index (χ0) is 12.4. The molecule has 2 heterocycles. The smallest absolute Gasteiger partial charge is 0.249 e. The Labute approximate surface area is 107 Å². The van der Waals surface area contributed by atoms with Crippen LogP contribution in [0.25, 0.3) is 0 Å². The van der Waals surface area contributed by atoms with Crippen LogP contribution in [-0.2, 0) is 9.59 Å². The number of aromatic nitrogens is 2. The fourth-order valence-electron chi connectivity index (χ4n) is 1.79. The normalized spacial score (nSPS) is 20.4. The summed E-state index contributed by atoms with van der Waals surface area (Å²) in [6, 6.07) is 1.32. The van der Waals surface area contributed by atoms with Crippen LogP contribution in [0.3, 0.4) is 0 Å². The molecule has 0 bridgehead atoms. The fraction of sp³-hybridized carbons (Fsp3) is 0.400. The van der Waals surface area contributed by atoms with Crippen molar-refractivity contribution in [3.8, 4) is 0 Å². The largest absolute Gasteiger partial charge is 0.335 e. The van der Waals surface area contributed by atoms with Gasteiger partial charge in [-0.3, -0.25) is 14.9 Å². The number of hydrogen-bond acceptors (Lipinski definition) is 5. The van der Waals surface area contributed by atoms with Gasteiger partial charge in [0, 0.05) is 6.07 Å². The number of nitrogens with one attached hydrogen (secondary N) is 1. The van der Waals surface area contributed by atoms with Gasteiger partial charge in [-0.25, -0.2) is 9.97 Å². The minimum Gasteiger partial charge on any atom is -0.335 e. The highest BCUT2D eigenvalue weighted by Gasteiger charge is 2.33. The number of nitrogens with zero attached hydrogens (tertiary/aromatic N) is 3. The zero-order valence-corrected chi connectivity index (χ0v) is 10.8. The van der Waals surface area contributed by atoms with Crippen molar-refractivity contribution in [3.63, 3.8) is 0 Å². The highest BCUT2D eigenvalue weighted by Crippen LogP contribution is 2.20. The van der Waals surface area contributed by atoms with Gasteiger partial charge in [-0.2, -0.15) is 0 Å². The third-order valence-electron chi connectivity index (χ3n) is 2.56. The van der Waals surface area contributed by atoms with E-state index in [0.29, 0.717) is 16.8 Å². The van der Waals surface area contributed by atoms with Gasteiger partial charge >= 0.3 is 0 Å². The first-order valence-electron chi connectivity index (χ1n) is 5.19. The molecule has 1 aromatic heterocycles. The molecule has 0 saturated carbocycles. The van der Waals surface area contributed by atoms with Gasteiger partial charge in [0.05, 0.1) is 6.54 Å². The molecule has 1 fully saturated rings. The third kappa shape index (κ3) is 2.44. The second-order valence-corrected chi connectivity index (χ2v) is 4.48. The predicted molar refractivity (Wildman–Crippen MR) is 64.3 cm³/mol. The van der Waals surface area contributed by atoms with Gasteiger partial charge in [-0.1, -0.05) is 6.92 Å². The number of imide groups is 1. The van der Waals surface area contributed by atoms with Gasteiger partial charge in [0.1, 0.15) is 22.8 Å². The molecule has 90 valence electrons. The molecule has 1 aliphatic rings. The SMILES string of the molecule is CCC1C(=O)NC(=O)CN1c1cc(Br)ncn1. The van der Waals surface area contributed by atoms with E-state index in [2.05, 4.69) is 31.2 Å². The Balaban J connectivity index is 2.34. The summed E-state index contributed by atoms with van der Waals surface area (Å²) in [7, 11) is 0. The number of rotatable bonds is 2. The number of carbonyl (C=O) groups excluding carboxylic acids is 2. The van der Waals surface area contributed by atoms with Gasteiger partial charge < -0.3 is 4.90 Å². The molecule has 1 aromatic rings. The molecule has 0 radical (unpaired) electrons. The van der Waals surface area contributed by atoms with Crippen molar-refractivity contribution in [2.24, 2.45) is 0 Å². The van der Waals surface area contributed by atoms with Gasteiger partial charge in [0.15, 0.2) is 0 Å². The second kappa shape index (κ2) is 4.79. The molecule has 1 aliphatic heterocycles. The van der Waals surface area contributed by atoms with E-state index in [1.807, 2.05) is 6.92 Å². The van der Waals surface area contributed by atoms with Crippen molar-refractivity contribution < 1.29 is 9.59 Å². The molecule has 0 aliphatic carbocycles. The Morgan fingerprint density at radius 1 is 1.53 bits per heavy atom. The van der Waals surface area contributed by atoms with Gasteiger partial charge in [0.25, 0.3) is 0 Å². The van der Waals surface area contributed by atoms with E-state index < -0.39 is 0 Å². The van der Waals surface area contributed by atoms with Crippen molar-refractivity contribution in [2.75, 3.05) is 11.4 Å². The molecular formula is C10H11BrN4O2. The monoisotopic (exact) mass is 298 g/mol. The average molecular weight is 299 g/mol. The Kier molecular flexibility index (Phi) is 3.37. The molecule has 2 rings (SSSR count). The molecule has 1 N–H and O–H groups in total. The molecule has 1 unspecified atom stereocenters. The van der Waals surface area contributed by atoms with Crippen molar-refractivity contribution in [1.82, 2.24) is 15.3 Å². The van der Waals surface area contributed by atoms with Crippen LogP contribution < -0.4 is 10.2 Å². The first-order valence-corrected chi connectivity index (χ1v) is 5.99. The first-order chi connectivity index (χ1) is 8.11. The molecule has 6 nitrogen and oxygen atoms in total. The van der Waals surface area contributed by atoms with Crippen LogP contribution in [0.4, 0.5) is 5.82 Å². The van der Waals surface area contributed by atoms with E-state index in [0.717, 1.165) is 0 Å². The summed E-state index contributed by atoms with van der Waals surface area (Å²) in [5, 5.41) is 2.32. The molecule has 0 aromatic carbocycles. The summed E-state index contributed by atoms with van der Waals surface area (Å²) in [5.74, 6) is -0.0187. The maximum absolute atomic E-state index is 11.7. The van der Waals surface area contributed by atoms with Crippen molar-refractivity contribution in [1.29, 1.82) is 0 Å². The van der Waals surface area contributed by atoms with Crippen LogP contribution in [0.2, 0.25) is 0 Å². The summed E-state index contributed by atoms with van der Waals surface area (Å²) in [5.41, 5.74) is 0. The van der Waals surface area contributed by atoms with Crippen LogP contribution in [0.15, 0.2) is 17.0 Å². The maximum atomic E-state index is 11.7. The number of amides is 2. The predicted octanol–water partition coefficient (Wildman–Crippen LogP) is 0.480. The quantitative estimate of drug-likeness (QED) is 0.635. The molecule has 17 heavy (non-hydrogen) atoms. The van der Waals surface area contributed by atoms with Crippen LogP contribution in [-0.4, -0.2) is 34.4 Å². The highest BCUT2D eigenvalue weighted by atomic mass is 79.9. The maximum Gasteiger partial charge on any atom is 0.249 e. The lowest BCUT2D eigenvalue weighted by atomic mass is 10.1. The van der Waals surface area contributed by atoms with Crippen LogP contribution in [0.5, 0.6) is 0 Å². The number of hydrogen-bond donors (Lipinski definition) is 1. The van der Waals surface area contributed by atoms with E-state index in [1.165, 1.54) is 6.33 Å². The number of anilines is 1. The number of carbonyl (C=O) groups is 2. The van der Waals surface area contributed by atoms with Crippen molar-refractivity contribution in [3.05, 3.63) is 17.0 Å². The number of piperazine rings is 1. The lowest BCUT2D eigenvalue weighted by molar-refractivity contribution is -0.132. The van der Waals surface area contributed by atoms with Crippen LogP contribution in [0.1, 0.15) is 13.3 Å². The Hall–Kier alpha value is -1.50. The van der Waals surface area contributed by atoms with E-state index in [-0.39, 0.29) is 24.4 Å². The second-order valence-electron chi connectivity index (χ2n) is 3.66. The zero-order valence-electron chi connectivity index (χ0n) is 9.18. The van der Waals surface area contributed by atoms with Gasteiger partial charge in [-0.05, 0) is 22.4 Å². The molecule has 7 heteroatoms. The average Bonchev–Trinajstić information content (AvgIpc) is 2.28. The lowest BCUT2D eigenvalue weighted by Crippen LogP contribution is -2.58. The Bertz CT molecular complexity index is 465. The van der Waals surface area contributed by atoms with Gasteiger partial charge in [-0.15, -0.1) is 0 Å². The van der Waals surface area contributed by atoms with Crippen molar-refractivity contribution in [2.45, 2.75) is 19.4 Å². The molecule has 2 amide bonds. The third-order valence-corrected chi connectivity index (χ3v) is 2.99. The van der Waals surface area contributed by atoms with Crippen LogP contribution in [0, 0.1) is 0 Å². The summed E-state index contributed by atoms with van der Waals surface area (Å²) in [6.07, 6.45) is 2.00. The standard InChI is InChI=1S/C10H11BrN4O2/c1-2-6-10(17)14-9(16)4-15(6)8-3-7(11)12-5-13-8/h3,5-6H,2,4H2,1H3,(H,14,16,17). The minimum absolute atomic E-state index is 0.133. The van der Waals surface area contributed by atoms with Crippen molar-refractivity contribution >= 4 is 33.6 Å². The van der Waals surface area contributed by atoms with E-state index in [4.69, 9.17) is 0 Å². The number of halogens is 1. The van der Waals surface area contributed by atoms with E-state index in [1.54, 1.807) is 11.0 Å². The summed E-state index contributed by atoms with van der Waals surface area (Å²) < 4.78 is 0.621. The minimum atomic E-state index is -0.366. The van der Waals surface area contributed by atoms with Gasteiger partial charge in [0.2, 0.25) is 11.8 Å². The Morgan fingerprint density at radius 3 is 2.94 bits per heavy atom. The molecule has 0 spiro atoms. The summed E-state index contributed by atoms with van der Waals surface area (Å²) in [4.78, 5) is 32.7.